The molecule has 1 aliphatic rings. The zero-order chi connectivity index (χ0) is 23.0. The van der Waals surface area contributed by atoms with Crippen molar-refractivity contribution < 1.29 is 22.4 Å². The molecular formula is C22H23N5O5S. The molecule has 3 N–H and O–H groups in total. The molecule has 2 aromatic heterocycles. The zero-order valence-electron chi connectivity index (χ0n) is 17.9. The first-order chi connectivity index (χ1) is 16.0. The number of aromatic nitrogens is 3. The second kappa shape index (κ2) is 8.41. The van der Waals surface area contributed by atoms with Gasteiger partial charge in [-0.25, -0.2) is 8.42 Å². The van der Waals surface area contributed by atoms with Gasteiger partial charge in [0, 0.05) is 18.3 Å². The molecule has 0 unspecified atom stereocenters. The molecule has 1 fully saturated rings. The van der Waals surface area contributed by atoms with Crippen molar-refractivity contribution >= 4 is 26.8 Å². The normalized spacial score (nSPS) is 13.9. The van der Waals surface area contributed by atoms with Gasteiger partial charge in [-0.1, -0.05) is 17.3 Å². The fourth-order valence-electron chi connectivity index (χ4n) is 3.52. The van der Waals surface area contributed by atoms with Crippen LogP contribution in [0.5, 0.6) is 11.5 Å². The summed E-state index contributed by atoms with van der Waals surface area (Å²) in [6.45, 7) is 0.882. The fraction of sp³-hybridized carbons (Fsp3) is 0.273. The van der Waals surface area contributed by atoms with Crippen LogP contribution in [-0.4, -0.2) is 36.6 Å². The summed E-state index contributed by atoms with van der Waals surface area (Å²) in [6.07, 6.45) is 5.57. The maximum absolute atomic E-state index is 13.1. The predicted molar refractivity (Wildman–Crippen MR) is 121 cm³/mol. The van der Waals surface area contributed by atoms with Gasteiger partial charge in [-0.15, -0.1) is 0 Å². The van der Waals surface area contributed by atoms with E-state index in [-0.39, 0.29) is 22.6 Å². The molecule has 0 atom stereocenters. The van der Waals surface area contributed by atoms with Gasteiger partial charge in [0.25, 0.3) is 10.0 Å². The van der Waals surface area contributed by atoms with Gasteiger partial charge in [-0.3, -0.25) is 9.40 Å². The van der Waals surface area contributed by atoms with Crippen molar-refractivity contribution in [1.29, 1.82) is 0 Å². The Morgan fingerprint density at radius 2 is 2.03 bits per heavy atom. The van der Waals surface area contributed by atoms with Gasteiger partial charge in [0.05, 0.1) is 26.0 Å². The highest BCUT2D eigenvalue weighted by Crippen LogP contribution is 2.38. The lowest BCUT2D eigenvalue weighted by Gasteiger charge is -2.12. The Morgan fingerprint density at radius 1 is 1.21 bits per heavy atom. The first-order valence-electron chi connectivity index (χ1n) is 10.4. The highest BCUT2D eigenvalue weighted by atomic mass is 32.2. The van der Waals surface area contributed by atoms with E-state index in [1.165, 1.54) is 13.2 Å². The van der Waals surface area contributed by atoms with E-state index in [1.807, 2.05) is 12.3 Å². The van der Waals surface area contributed by atoms with E-state index in [9.17, 15) is 8.42 Å². The van der Waals surface area contributed by atoms with E-state index in [1.54, 1.807) is 35.1 Å². The number of nitrogens with one attached hydrogen (secondary N) is 1. The van der Waals surface area contributed by atoms with E-state index in [0.717, 1.165) is 24.0 Å². The standard InChI is InChI=1S/C22H23N5O5S/c1-30-17-4-2-3-5-20(17)33(28,29)26-22-21-18(31-16-6-7-16)8-14(9-19(21)32-25-22)12-27-13-15(10-23)11-24-27/h2-5,8-9,11,13,16H,6-7,10,12,23H2,1H3,(H,25,26). The minimum atomic E-state index is -3.98. The molecule has 11 heteroatoms. The molecule has 0 amide bonds. The second-order valence-corrected chi connectivity index (χ2v) is 9.47. The summed E-state index contributed by atoms with van der Waals surface area (Å²) in [5.74, 6) is 0.795. The molecule has 2 aromatic carbocycles. The smallest absolute Gasteiger partial charge is 0.266 e. The van der Waals surface area contributed by atoms with Gasteiger partial charge in [0.2, 0.25) is 0 Å². The third-order valence-corrected chi connectivity index (χ3v) is 6.65. The molecule has 0 spiro atoms. The van der Waals surface area contributed by atoms with Crippen LogP contribution in [0.1, 0.15) is 24.0 Å². The lowest BCUT2D eigenvalue weighted by Crippen LogP contribution is -2.14. The summed E-state index contributed by atoms with van der Waals surface area (Å²) in [4.78, 5) is -0.000628. The van der Waals surface area contributed by atoms with Gasteiger partial charge in [0.15, 0.2) is 11.4 Å². The van der Waals surface area contributed by atoms with Crippen LogP contribution < -0.4 is 19.9 Å². The van der Waals surface area contributed by atoms with Crippen LogP contribution >= 0.6 is 0 Å². The summed E-state index contributed by atoms with van der Waals surface area (Å²) < 4.78 is 47.2. The van der Waals surface area contributed by atoms with Gasteiger partial charge < -0.3 is 19.7 Å². The van der Waals surface area contributed by atoms with Crippen molar-refractivity contribution in [2.75, 3.05) is 11.8 Å². The van der Waals surface area contributed by atoms with Crippen LogP contribution in [0.25, 0.3) is 11.0 Å². The van der Waals surface area contributed by atoms with Crippen LogP contribution in [-0.2, 0) is 23.1 Å². The van der Waals surface area contributed by atoms with Crippen molar-refractivity contribution in [3.8, 4) is 11.5 Å². The van der Waals surface area contributed by atoms with E-state index < -0.39 is 10.0 Å². The number of sulfonamides is 1. The molecule has 33 heavy (non-hydrogen) atoms. The number of nitrogens with two attached hydrogens (primary N) is 1. The van der Waals surface area contributed by atoms with Crippen molar-refractivity contribution in [1.82, 2.24) is 14.9 Å². The average Bonchev–Trinajstić information content (AvgIpc) is 3.36. The van der Waals surface area contributed by atoms with Gasteiger partial charge in [-0.05, 0) is 42.7 Å². The maximum Gasteiger partial charge on any atom is 0.266 e. The quantitative estimate of drug-likeness (QED) is 0.382. The second-order valence-electron chi connectivity index (χ2n) is 7.82. The number of anilines is 1. The number of nitrogens with zero attached hydrogens (tertiary/aromatic N) is 3. The number of fused-ring (bicyclic) bond motifs is 1. The lowest BCUT2D eigenvalue weighted by molar-refractivity contribution is 0.306. The van der Waals surface area contributed by atoms with Crippen LogP contribution in [0.3, 0.4) is 0 Å². The zero-order valence-corrected chi connectivity index (χ0v) is 18.7. The Kier molecular flexibility index (Phi) is 5.43. The monoisotopic (exact) mass is 469 g/mol. The minimum Gasteiger partial charge on any atom is -0.495 e. The van der Waals surface area contributed by atoms with Crippen LogP contribution in [0.2, 0.25) is 0 Å². The Morgan fingerprint density at radius 3 is 2.76 bits per heavy atom. The van der Waals surface area contributed by atoms with Gasteiger partial charge >= 0.3 is 0 Å². The van der Waals surface area contributed by atoms with Crippen LogP contribution in [0, 0.1) is 0 Å². The molecule has 5 rings (SSSR count). The summed E-state index contributed by atoms with van der Waals surface area (Å²) in [5, 5.41) is 8.77. The van der Waals surface area contributed by atoms with Crippen LogP contribution in [0.15, 0.2) is 58.2 Å². The third-order valence-electron chi connectivity index (χ3n) is 5.27. The molecule has 0 aliphatic heterocycles. The minimum absolute atomic E-state index is 0.000628. The molecule has 0 bridgehead atoms. The number of hydrogen-bond donors (Lipinski definition) is 2. The highest BCUT2D eigenvalue weighted by molar-refractivity contribution is 7.92. The van der Waals surface area contributed by atoms with Gasteiger partial charge in [0.1, 0.15) is 21.8 Å². The van der Waals surface area contributed by atoms with Gasteiger partial charge in [-0.2, -0.15) is 5.10 Å². The Balaban J connectivity index is 1.52. The molecule has 2 heterocycles. The Hall–Kier alpha value is -3.57. The first kappa shape index (κ1) is 21.3. The van der Waals surface area contributed by atoms with E-state index >= 15 is 0 Å². The number of ether oxygens (including phenoxy) is 2. The van der Waals surface area contributed by atoms with E-state index in [0.29, 0.717) is 29.8 Å². The average molecular weight is 470 g/mol. The largest absolute Gasteiger partial charge is 0.495 e. The summed E-state index contributed by atoms with van der Waals surface area (Å²) in [6, 6.07) is 10.0. The molecule has 1 aliphatic carbocycles. The molecular weight excluding hydrogens is 446 g/mol. The van der Waals surface area contributed by atoms with Crippen molar-refractivity contribution in [3.05, 3.63) is 59.9 Å². The highest BCUT2D eigenvalue weighted by Gasteiger charge is 2.28. The lowest BCUT2D eigenvalue weighted by atomic mass is 10.1. The topological polar surface area (TPSA) is 134 Å². The van der Waals surface area contributed by atoms with Crippen molar-refractivity contribution in [2.45, 2.75) is 36.9 Å². The van der Waals surface area contributed by atoms with Crippen molar-refractivity contribution in [2.24, 2.45) is 5.73 Å². The molecule has 1 saturated carbocycles. The van der Waals surface area contributed by atoms with E-state index in [4.69, 9.17) is 19.7 Å². The summed E-state index contributed by atoms with van der Waals surface area (Å²) in [7, 11) is -2.57. The molecule has 172 valence electrons. The summed E-state index contributed by atoms with van der Waals surface area (Å²) >= 11 is 0. The van der Waals surface area contributed by atoms with E-state index in [2.05, 4.69) is 15.0 Å². The molecule has 10 nitrogen and oxygen atoms in total. The first-order valence-corrected chi connectivity index (χ1v) is 11.9. The number of rotatable bonds is 9. The third kappa shape index (κ3) is 4.37. The molecule has 0 saturated heterocycles. The van der Waals surface area contributed by atoms with Crippen molar-refractivity contribution in [3.63, 3.8) is 0 Å². The van der Waals surface area contributed by atoms with Crippen LogP contribution in [0.4, 0.5) is 5.82 Å². The summed E-state index contributed by atoms with van der Waals surface area (Å²) in [5.41, 5.74) is 7.88. The Bertz CT molecular complexity index is 1410. The molecule has 0 radical (unpaired) electrons. The number of para-hydroxylation sites is 1. The number of hydrogen-bond acceptors (Lipinski definition) is 8. The molecule has 4 aromatic rings. The fourth-order valence-corrected chi connectivity index (χ4v) is 4.70. The SMILES string of the molecule is COc1ccccc1S(=O)(=O)Nc1noc2cc(Cn3cc(CN)cn3)cc(OC3CC3)c12. The number of benzene rings is 2. The number of methoxy groups -OCH3 is 1. The Labute approximate surface area is 190 Å². The maximum atomic E-state index is 13.1. The predicted octanol–water partition coefficient (Wildman–Crippen LogP) is 2.88.